The molecule has 0 amide bonds. The maximum Gasteiger partial charge on any atom is 0.0755 e. The highest BCUT2D eigenvalue weighted by Gasteiger charge is 1.91. The molecule has 12 heavy (non-hydrogen) atoms. The van der Waals surface area contributed by atoms with E-state index in [1.54, 1.807) is 0 Å². The maximum absolute atomic E-state index is 2.48. The van der Waals surface area contributed by atoms with Crippen LogP contribution in [0.25, 0.3) is 0 Å². The molecule has 0 fully saturated rings. The van der Waals surface area contributed by atoms with Crippen LogP contribution in [-0.4, -0.2) is 13.1 Å². The smallest absolute Gasteiger partial charge is 0.0755 e. The van der Waals surface area contributed by atoms with Gasteiger partial charge in [-0.05, 0) is 25.7 Å². The van der Waals surface area contributed by atoms with E-state index in [2.05, 4.69) is 19.2 Å². The van der Waals surface area contributed by atoms with Crippen LogP contribution in [0.4, 0.5) is 0 Å². The van der Waals surface area contributed by atoms with Crippen molar-refractivity contribution >= 4 is 0 Å². The third-order valence-corrected chi connectivity index (χ3v) is 2.27. The Labute approximate surface area is 77.9 Å². The minimum Gasteiger partial charge on any atom is -0.346 e. The van der Waals surface area contributed by atoms with Gasteiger partial charge in [-0.1, -0.05) is 33.1 Å². The first-order valence-electron chi connectivity index (χ1n) is 5.73. The molecule has 0 aliphatic carbocycles. The van der Waals surface area contributed by atoms with E-state index in [0.29, 0.717) is 0 Å². The molecule has 0 saturated heterocycles. The summed E-state index contributed by atoms with van der Waals surface area (Å²) in [7, 11) is 0. The van der Waals surface area contributed by atoms with Crippen molar-refractivity contribution in [3.8, 4) is 0 Å². The van der Waals surface area contributed by atoms with Gasteiger partial charge in [-0.2, -0.15) is 0 Å². The van der Waals surface area contributed by atoms with Crippen molar-refractivity contribution in [1.29, 1.82) is 0 Å². The van der Waals surface area contributed by atoms with E-state index in [1.165, 1.54) is 58.0 Å². The third-order valence-electron chi connectivity index (χ3n) is 2.27. The highest BCUT2D eigenvalue weighted by molar-refractivity contribution is 4.37. The Morgan fingerprint density at radius 1 is 0.667 bits per heavy atom. The van der Waals surface area contributed by atoms with Crippen molar-refractivity contribution in [2.75, 3.05) is 13.1 Å². The fraction of sp³-hybridized carbons (Fsp3) is 1.00. The largest absolute Gasteiger partial charge is 0.346 e. The Kier molecular flexibility index (Phi) is 10.9. The number of quaternary nitrogens is 1. The Morgan fingerprint density at radius 3 is 1.75 bits per heavy atom. The van der Waals surface area contributed by atoms with Crippen LogP contribution in [-0.2, 0) is 0 Å². The summed E-state index contributed by atoms with van der Waals surface area (Å²) >= 11 is 0. The molecule has 74 valence electrons. The van der Waals surface area contributed by atoms with Gasteiger partial charge in [0.25, 0.3) is 0 Å². The van der Waals surface area contributed by atoms with E-state index in [0.717, 1.165) is 0 Å². The molecule has 0 unspecified atom stereocenters. The average molecular weight is 172 g/mol. The van der Waals surface area contributed by atoms with E-state index in [4.69, 9.17) is 0 Å². The molecule has 0 aliphatic heterocycles. The molecule has 0 aromatic carbocycles. The van der Waals surface area contributed by atoms with Crippen LogP contribution in [0.1, 0.15) is 58.8 Å². The average Bonchev–Trinajstić information content (AvgIpc) is 2.10. The molecular weight excluding hydrogens is 146 g/mol. The molecule has 0 aromatic rings. The molecular formula is C11H26N+. The van der Waals surface area contributed by atoms with Gasteiger partial charge < -0.3 is 5.32 Å². The number of nitrogens with two attached hydrogens (primary N) is 1. The minimum absolute atomic E-state index is 1.35. The van der Waals surface area contributed by atoms with Gasteiger partial charge in [0, 0.05) is 0 Å². The molecule has 0 saturated carbocycles. The summed E-state index contributed by atoms with van der Waals surface area (Å²) in [6.07, 6.45) is 9.79. The number of rotatable bonds is 9. The highest BCUT2D eigenvalue weighted by Crippen LogP contribution is 1.95. The van der Waals surface area contributed by atoms with Crippen LogP contribution < -0.4 is 5.32 Å². The van der Waals surface area contributed by atoms with E-state index in [9.17, 15) is 0 Å². The van der Waals surface area contributed by atoms with Crippen LogP contribution in [0.15, 0.2) is 0 Å². The Hall–Kier alpha value is -0.0400. The topological polar surface area (TPSA) is 16.6 Å². The van der Waals surface area contributed by atoms with Crippen molar-refractivity contribution < 1.29 is 5.32 Å². The fourth-order valence-corrected chi connectivity index (χ4v) is 1.40. The first-order chi connectivity index (χ1) is 5.91. The predicted octanol–water partition coefficient (Wildman–Crippen LogP) is 2.32. The molecule has 0 aliphatic rings. The van der Waals surface area contributed by atoms with Crippen LogP contribution in [0.3, 0.4) is 0 Å². The molecule has 0 spiro atoms. The molecule has 0 bridgehead atoms. The van der Waals surface area contributed by atoms with Crippen molar-refractivity contribution in [2.45, 2.75) is 58.8 Å². The van der Waals surface area contributed by atoms with Crippen molar-refractivity contribution in [1.82, 2.24) is 0 Å². The standard InChI is InChI=1S/C11H25N/c1-3-5-7-9-11-12-10-8-6-4-2/h12H,3-11H2,1-2H3/p+1. The summed E-state index contributed by atoms with van der Waals surface area (Å²) in [4.78, 5) is 0. The van der Waals surface area contributed by atoms with E-state index >= 15 is 0 Å². The molecule has 0 rings (SSSR count). The predicted molar refractivity (Wildman–Crippen MR) is 55.3 cm³/mol. The monoisotopic (exact) mass is 172 g/mol. The number of unbranched alkanes of at least 4 members (excludes halogenated alkanes) is 5. The summed E-state index contributed by atoms with van der Waals surface area (Å²) in [6, 6.07) is 0. The summed E-state index contributed by atoms with van der Waals surface area (Å²) in [6.45, 7) is 7.23. The van der Waals surface area contributed by atoms with Gasteiger partial charge >= 0.3 is 0 Å². The van der Waals surface area contributed by atoms with Gasteiger partial charge in [0.05, 0.1) is 13.1 Å². The Bertz CT molecular complexity index is 61.4. The second-order valence-corrected chi connectivity index (χ2v) is 3.63. The Morgan fingerprint density at radius 2 is 1.17 bits per heavy atom. The lowest BCUT2D eigenvalue weighted by molar-refractivity contribution is -0.655. The zero-order chi connectivity index (χ0) is 9.07. The number of hydrogen-bond donors (Lipinski definition) is 1. The maximum atomic E-state index is 2.48. The summed E-state index contributed by atoms with van der Waals surface area (Å²) in [5.41, 5.74) is 0. The zero-order valence-electron chi connectivity index (χ0n) is 8.94. The van der Waals surface area contributed by atoms with E-state index in [1.807, 2.05) is 0 Å². The lowest BCUT2D eigenvalue weighted by Gasteiger charge is -2.00. The molecule has 0 radical (unpaired) electrons. The van der Waals surface area contributed by atoms with Crippen LogP contribution >= 0.6 is 0 Å². The second-order valence-electron chi connectivity index (χ2n) is 3.63. The number of hydrogen-bond acceptors (Lipinski definition) is 0. The molecule has 0 atom stereocenters. The van der Waals surface area contributed by atoms with Gasteiger partial charge in [-0.3, -0.25) is 0 Å². The first kappa shape index (κ1) is 12.0. The molecule has 2 N–H and O–H groups in total. The lowest BCUT2D eigenvalue weighted by atomic mass is 10.2. The van der Waals surface area contributed by atoms with Crippen LogP contribution in [0.2, 0.25) is 0 Å². The summed E-state index contributed by atoms with van der Waals surface area (Å²) in [5, 5.41) is 2.48. The molecule has 0 aromatic heterocycles. The SMILES string of the molecule is CCCCCC[NH2+]CCCCC. The third kappa shape index (κ3) is 9.96. The van der Waals surface area contributed by atoms with Gasteiger partial charge in [0.15, 0.2) is 0 Å². The summed E-state index contributed by atoms with van der Waals surface area (Å²) in [5.74, 6) is 0. The van der Waals surface area contributed by atoms with Gasteiger partial charge in [-0.15, -0.1) is 0 Å². The van der Waals surface area contributed by atoms with Gasteiger partial charge in [0.2, 0.25) is 0 Å². The van der Waals surface area contributed by atoms with E-state index in [-0.39, 0.29) is 0 Å². The minimum atomic E-state index is 1.35. The fourth-order valence-electron chi connectivity index (χ4n) is 1.40. The normalized spacial score (nSPS) is 10.5. The summed E-state index contributed by atoms with van der Waals surface area (Å²) < 4.78 is 0. The van der Waals surface area contributed by atoms with Gasteiger partial charge in [0.1, 0.15) is 0 Å². The van der Waals surface area contributed by atoms with Gasteiger partial charge in [-0.25, -0.2) is 0 Å². The Balaban J connectivity index is 2.73. The molecule has 0 heterocycles. The van der Waals surface area contributed by atoms with Crippen LogP contribution in [0, 0.1) is 0 Å². The van der Waals surface area contributed by atoms with Crippen molar-refractivity contribution in [2.24, 2.45) is 0 Å². The lowest BCUT2D eigenvalue weighted by Crippen LogP contribution is -2.84. The van der Waals surface area contributed by atoms with E-state index < -0.39 is 0 Å². The quantitative estimate of drug-likeness (QED) is 0.514. The zero-order valence-corrected chi connectivity index (χ0v) is 8.94. The van der Waals surface area contributed by atoms with Crippen LogP contribution in [0.5, 0.6) is 0 Å². The van der Waals surface area contributed by atoms with Crippen molar-refractivity contribution in [3.63, 3.8) is 0 Å². The molecule has 1 nitrogen and oxygen atoms in total. The second kappa shape index (κ2) is 11.0. The highest BCUT2D eigenvalue weighted by atomic mass is 14.8. The first-order valence-corrected chi connectivity index (χ1v) is 5.73. The van der Waals surface area contributed by atoms with Crippen molar-refractivity contribution in [3.05, 3.63) is 0 Å². The molecule has 1 heteroatoms.